The van der Waals surface area contributed by atoms with Gasteiger partial charge in [0.25, 0.3) is 12.3 Å². The number of carbonyl (C=O) groups excluding carboxylic acids is 3. The number of aromatic amines is 1. The number of nitrogens with zero attached hydrogens (tertiary/aromatic N) is 2. The number of fused-ring (bicyclic) bond motifs is 2. The predicted octanol–water partition coefficient (Wildman–Crippen LogP) is 3.66. The summed E-state index contributed by atoms with van der Waals surface area (Å²) in [6.45, 7) is 0.324. The van der Waals surface area contributed by atoms with Gasteiger partial charge in [0.15, 0.2) is 0 Å². The lowest BCUT2D eigenvalue weighted by atomic mass is 9.90. The number of rotatable bonds is 6. The Bertz CT molecular complexity index is 1360. The molecule has 3 fully saturated rings. The smallest absolute Gasteiger partial charge is 0.271 e. The number of halogens is 5. The number of piperidine rings is 1. The maximum atomic E-state index is 14.4. The van der Waals surface area contributed by atoms with Gasteiger partial charge in [-0.1, -0.05) is 0 Å². The average Bonchev–Trinajstić information content (AvgIpc) is 3.54. The summed E-state index contributed by atoms with van der Waals surface area (Å²) in [5, 5.41) is 14.6. The zero-order valence-corrected chi connectivity index (χ0v) is 20.7. The summed E-state index contributed by atoms with van der Waals surface area (Å²) >= 11 is 0. The van der Waals surface area contributed by atoms with Gasteiger partial charge in [0.05, 0.1) is 11.6 Å². The van der Waals surface area contributed by atoms with Crippen LogP contribution < -0.4 is 10.6 Å². The summed E-state index contributed by atoms with van der Waals surface area (Å²) in [6.07, 6.45) is -2.86. The molecule has 0 radical (unpaired) electrons. The van der Waals surface area contributed by atoms with E-state index in [1.165, 1.54) is 0 Å². The number of benzene rings is 1. The molecule has 3 heterocycles. The monoisotopic (exact) mass is 551 g/mol. The second-order valence-electron chi connectivity index (χ2n) is 10.6. The summed E-state index contributed by atoms with van der Waals surface area (Å²) in [7, 11) is 0. The van der Waals surface area contributed by atoms with E-state index in [1.807, 2.05) is 6.07 Å². The minimum Gasteiger partial charge on any atom is -0.356 e. The molecule has 2 aromatic rings. The van der Waals surface area contributed by atoms with Gasteiger partial charge >= 0.3 is 0 Å². The van der Waals surface area contributed by atoms with Crippen LogP contribution in [0.15, 0.2) is 18.2 Å². The first-order valence-electron chi connectivity index (χ1n) is 12.7. The third kappa shape index (κ3) is 5.04. The normalized spacial score (nSPS) is 26.8. The summed E-state index contributed by atoms with van der Waals surface area (Å²) in [5.41, 5.74) is -1.05. The van der Waals surface area contributed by atoms with Crippen molar-refractivity contribution < 1.29 is 36.3 Å². The molecule has 8 nitrogen and oxygen atoms in total. The van der Waals surface area contributed by atoms with E-state index in [1.54, 1.807) is 0 Å². The molecule has 13 heteroatoms. The number of H-pyrrole nitrogens is 1. The molecule has 1 aliphatic carbocycles. The molecule has 1 aromatic heterocycles. The third-order valence-electron chi connectivity index (χ3n) is 8.03. The van der Waals surface area contributed by atoms with Crippen molar-refractivity contribution >= 4 is 28.6 Å². The molecular weight excluding hydrogens is 525 g/mol. The van der Waals surface area contributed by atoms with Gasteiger partial charge in [0, 0.05) is 42.8 Å². The van der Waals surface area contributed by atoms with E-state index in [9.17, 15) is 41.6 Å². The van der Waals surface area contributed by atoms with Gasteiger partial charge in [-0.05, 0) is 49.3 Å². The summed E-state index contributed by atoms with van der Waals surface area (Å²) in [5.74, 6) is -7.86. The van der Waals surface area contributed by atoms with Crippen molar-refractivity contribution in [1.82, 2.24) is 20.5 Å². The van der Waals surface area contributed by atoms with E-state index in [0.29, 0.717) is 19.4 Å². The van der Waals surface area contributed by atoms with Crippen molar-refractivity contribution in [2.24, 2.45) is 17.8 Å². The van der Waals surface area contributed by atoms with Crippen LogP contribution >= 0.6 is 0 Å². The quantitative estimate of drug-likeness (QED) is 0.475. The predicted molar refractivity (Wildman–Crippen MR) is 127 cm³/mol. The lowest BCUT2D eigenvalue weighted by molar-refractivity contribution is -0.129. The number of carbonyl (C=O) groups is 3. The first kappa shape index (κ1) is 26.9. The molecule has 1 saturated carbocycles. The lowest BCUT2D eigenvalue weighted by Crippen LogP contribution is -2.52. The number of hydrogen-bond acceptors (Lipinski definition) is 4. The van der Waals surface area contributed by atoms with Gasteiger partial charge in [-0.25, -0.2) is 22.0 Å². The van der Waals surface area contributed by atoms with Gasteiger partial charge in [-0.3, -0.25) is 14.4 Å². The average molecular weight is 552 g/mol. The Hall–Kier alpha value is -3.69. The Morgan fingerprint density at radius 1 is 1.26 bits per heavy atom. The van der Waals surface area contributed by atoms with Crippen LogP contribution in [0, 0.1) is 34.9 Å². The van der Waals surface area contributed by atoms with Crippen molar-refractivity contribution in [1.29, 1.82) is 5.26 Å². The molecular formula is C26H26F5N5O3. The first-order chi connectivity index (χ1) is 18.5. The summed E-state index contributed by atoms with van der Waals surface area (Å²) in [4.78, 5) is 42.7. The number of amides is 3. The van der Waals surface area contributed by atoms with Crippen molar-refractivity contribution in [2.45, 2.75) is 56.5 Å². The van der Waals surface area contributed by atoms with Crippen molar-refractivity contribution in [2.75, 3.05) is 13.1 Å². The Labute approximate surface area is 219 Å². The van der Waals surface area contributed by atoms with Crippen molar-refractivity contribution in [3.63, 3.8) is 0 Å². The standard InChI is InChI=1S/C26H26F5N5O3/c27-18-4-3-15(22(28)29)20-16(18)7-19(35-20)25(39)36-11-13-8-26(30,31)9-17(13)21(36)24(38)34-14(10-32)6-12-2-1-5-33-23(12)37/h3-4,7,12-14,17,21-22,35H,1-2,5-6,8-9,11H2,(H,33,37)(H,34,38)/t12-,13+,14-,17+,21-/m1/s1. The molecule has 5 atom stereocenters. The lowest BCUT2D eigenvalue weighted by Gasteiger charge is -2.29. The number of nitrogens with one attached hydrogen (secondary N) is 3. The SMILES string of the molecule is N#C[C@@H](C[C@H]1CCCNC1=O)NC(=O)[C@H]1[C@H]2CC(F)(F)C[C@H]2CN1C(=O)c1cc2c(F)ccc(C(F)F)c2[nH]1. The van der Waals surface area contributed by atoms with Gasteiger partial charge in [-0.2, -0.15) is 5.26 Å². The Kier molecular flexibility index (Phi) is 6.99. The van der Waals surface area contributed by atoms with Crippen LogP contribution in [-0.2, 0) is 9.59 Å². The molecule has 0 spiro atoms. The van der Waals surface area contributed by atoms with Gasteiger partial charge in [0.2, 0.25) is 17.7 Å². The highest BCUT2D eigenvalue weighted by Gasteiger charge is 2.58. The Balaban J connectivity index is 1.42. The van der Waals surface area contributed by atoms with E-state index in [0.717, 1.165) is 23.1 Å². The molecule has 39 heavy (non-hydrogen) atoms. The van der Waals surface area contributed by atoms with Crippen LogP contribution in [0.5, 0.6) is 0 Å². The summed E-state index contributed by atoms with van der Waals surface area (Å²) < 4.78 is 69.9. The third-order valence-corrected chi connectivity index (χ3v) is 8.03. The highest BCUT2D eigenvalue weighted by molar-refractivity contribution is 6.01. The molecule has 2 saturated heterocycles. The van der Waals surface area contributed by atoms with Crippen LogP contribution in [0.25, 0.3) is 10.9 Å². The maximum absolute atomic E-state index is 14.4. The molecule has 208 valence electrons. The first-order valence-corrected chi connectivity index (χ1v) is 12.7. The number of likely N-dealkylation sites (tertiary alicyclic amines) is 1. The molecule has 1 aromatic carbocycles. The summed E-state index contributed by atoms with van der Waals surface area (Å²) in [6, 6.07) is 2.30. The zero-order valence-electron chi connectivity index (χ0n) is 20.7. The Morgan fingerprint density at radius 2 is 2.03 bits per heavy atom. The maximum Gasteiger partial charge on any atom is 0.271 e. The number of alkyl halides is 4. The number of nitriles is 1. The second-order valence-corrected chi connectivity index (χ2v) is 10.6. The highest BCUT2D eigenvalue weighted by atomic mass is 19.3. The van der Waals surface area contributed by atoms with Crippen LogP contribution in [0.3, 0.4) is 0 Å². The van der Waals surface area contributed by atoms with Crippen LogP contribution in [0.4, 0.5) is 22.0 Å². The number of aromatic nitrogens is 1. The minimum absolute atomic E-state index is 0.0245. The fraction of sp³-hybridized carbons (Fsp3) is 0.538. The molecule has 3 aliphatic rings. The molecule has 2 aliphatic heterocycles. The minimum atomic E-state index is -3.03. The van der Waals surface area contributed by atoms with Crippen LogP contribution in [-0.4, -0.2) is 58.7 Å². The Morgan fingerprint density at radius 3 is 2.72 bits per heavy atom. The number of hydrogen-bond donors (Lipinski definition) is 3. The van der Waals surface area contributed by atoms with Crippen LogP contribution in [0.2, 0.25) is 0 Å². The van der Waals surface area contributed by atoms with E-state index >= 15 is 0 Å². The van der Waals surface area contributed by atoms with Gasteiger partial charge < -0.3 is 20.5 Å². The zero-order chi connectivity index (χ0) is 28.1. The second kappa shape index (κ2) is 10.1. The largest absolute Gasteiger partial charge is 0.356 e. The topological polar surface area (TPSA) is 118 Å². The fourth-order valence-corrected chi connectivity index (χ4v) is 6.25. The molecule has 5 rings (SSSR count). The van der Waals surface area contributed by atoms with E-state index < -0.39 is 78.2 Å². The van der Waals surface area contributed by atoms with Crippen molar-refractivity contribution in [3.8, 4) is 6.07 Å². The fourth-order valence-electron chi connectivity index (χ4n) is 6.25. The molecule has 0 bridgehead atoms. The van der Waals surface area contributed by atoms with E-state index in [-0.39, 0.29) is 35.5 Å². The van der Waals surface area contributed by atoms with E-state index in [4.69, 9.17) is 0 Å². The van der Waals surface area contributed by atoms with Crippen LogP contribution in [0.1, 0.15) is 54.6 Å². The van der Waals surface area contributed by atoms with Gasteiger partial charge in [-0.15, -0.1) is 0 Å². The molecule has 3 amide bonds. The molecule has 0 unspecified atom stereocenters. The van der Waals surface area contributed by atoms with Gasteiger partial charge in [0.1, 0.15) is 23.6 Å². The van der Waals surface area contributed by atoms with Crippen molar-refractivity contribution in [3.05, 3.63) is 35.3 Å². The van der Waals surface area contributed by atoms with E-state index in [2.05, 4.69) is 15.6 Å². The highest BCUT2D eigenvalue weighted by Crippen LogP contribution is 2.50. The molecule has 3 N–H and O–H groups in total.